The maximum Gasteiger partial charge on any atom is 0.344 e. The van der Waals surface area contributed by atoms with E-state index in [1.165, 1.54) is 6.07 Å². The van der Waals surface area contributed by atoms with E-state index in [4.69, 9.17) is 49.0 Å². The first-order valence-corrected chi connectivity index (χ1v) is 7.55. The summed E-state index contributed by atoms with van der Waals surface area (Å²) in [4.78, 5) is 15.3. The number of pyridine rings is 1. The third-order valence-corrected chi connectivity index (χ3v) is 3.26. The highest BCUT2D eigenvalue weighted by Gasteiger charge is 2.11. The second-order valence-corrected chi connectivity index (χ2v) is 5.20. The van der Waals surface area contributed by atoms with Crippen molar-refractivity contribution in [2.75, 3.05) is 26.4 Å². The standard InChI is InChI=1S/C13H16Cl3NO4/c1-2-3-4-19-5-6-20-11(18)8-21-13-10(15)7-9(14)12(16)17-13/h7H,2-6,8H2,1H3. The molecule has 21 heavy (non-hydrogen) atoms. The Morgan fingerprint density at radius 2 is 1.95 bits per heavy atom. The fourth-order valence-electron chi connectivity index (χ4n) is 1.26. The maximum absolute atomic E-state index is 11.4. The number of aromatic nitrogens is 1. The van der Waals surface area contributed by atoms with Crippen LogP contribution in [0.2, 0.25) is 15.2 Å². The van der Waals surface area contributed by atoms with E-state index in [0.717, 1.165) is 12.8 Å². The number of ether oxygens (including phenoxy) is 3. The molecule has 0 fully saturated rings. The van der Waals surface area contributed by atoms with E-state index < -0.39 is 5.97 Å². The molecule has 8 heteroatoms. The lowest BCUT2D eigenvalue weighted by molar-refractivity contribution is -0.147. The summed E-state index contributed by atoms with van der Waals surface area (Å²) in [6.07, 6.45) is 2.05. The first-order chi connectivity index (χ1) is 10.0. The second kappa shape index (κ2) is 10.1. The summed E-state index contributed by atoms with van der Waals surface area (Å²) < 4.78 is 15.3. The Morgan fingerprint density at radius 1 is 1.19 bits per heavy atom. The van der Waals surface area contributed by atoms with Gasteiger partial charge in [-0.25, -0.2) is 4.79 Å². The van der Waals surface area contributed by atoms with Crippen LogP contribution in [-0.4, -0.2) is 37.4 Å². The number of hydrogen-bond donors (Lipinski definition) is 0. The molecule has 0 aliphatic heterocycles. The number of nitrogens with zero attached hydrogens (tertiary/aromatic N) is 1. The van der Waals surface area contributed by atoms with Crippen molar-refractivity contribution in [3.63, 3.8) is 0 Å². The van der Waals surface area contributed by atoms with Gasteiger partial charge in [0, 0.05) is 6.61 Å². The fraction of sp³-hybridized carbons (Fsp3) is 0.538. The van der Waals surface area contributed by atoms with Crippen molar-refractivity contribution >= 4 is 40.8 Å². The zero-order chi connectivity index (χ0) is 15.7. The summed E-state index contributed by atoms with van der Waals surface area (Å²) in [7, 11) is 0. The minimum atomic E-state index is -0.543. The Bertz CT molecular complexity index is 471. The van der Waals surface area contributed by atoms with E-state index in [1.807, 2.05) is 0 Å². The van der Waals surface area contributed by atoms with Crippen LogP contribution in [0.5, 0.6) is 5.88 Å². The monoisotopic (exact) mass is 355 g/mol. The van der Waals surface area contributed by atoms with Gasteiger partial charge in [-0.15, -0.1) is 0 Å². The topological polar surface area (TPSA) is 57.7 Å². The molecule has 0 amide bonds. The van der Waals surface area contributed by atoms with E-state index in [-0.39, 0.29) is 34.3 Å². The minimum Gasteiger partial charge on any atom is -0.465 e. The lowest BCUT2D eigenvalue weighted by atomic mass is 10.4. The summed E-state index contributed by atoms with van der Waals surface area (Å²) in [5.41, 5.74) is 0. The normalized spacial score (nSPS) is 10.5. The zero-order valence-electron chi connectivity index (χ0n) is 11.5. The fourth-order valence-corrected chi connectivity index (χ4v) is 1.81. The smallest absolute Gasteiger partial charge is 0.344 e. The molecule has 5 nitrogen and oxygen atoms in total. The summed E-state index contributed by atoms with van der Waals surface area (Å²) in [6, 6.07) is 1.39. The van der Waals surface area contributed by atoms with Crippen molar-refractivity contribution in [3.8, 4) is 5.88 Å². The predicted octanol–water partition coefficient (Wildman–Crippen LogP) is 3.78. The zero-order valence-corrected chi connectivity index (χ0v) is 13.8. The molecule has 0 N–H and O–H groups in total. The number of rotatable bonds is 9. The van der Waals surface area contributed by atoms with Crippen LogP contribution in [-0.2, 0) is 14.3 Å². The molecule has 0 radical (unpaired) electrons. The van der Waals surface area contributed by atoms with Gasteiger partial charge in [-0.3, -0.25) is 0 Å². The molecule has 118 valence electrons. The van der Waals surface area contributed by atoms with E-state index >= 15 is 0 Å². The Morgan fingerprint density at radius 3 is 2.67 bits per heavy atom. The third-order valence-electron chi connectivity index (χ3n) is 2.31. The van der Waals surface area contributed by atoms with Gasteiger partial charge in [0.2, 0.25) is 5.88 Å². The average molecular weight is 357 g/mol. The van der Waals surface area contributed by atoms with Crippen LogP contribution in [0.3, 0.4) is 0 Å². The molecule has 0 aromatic carbocycles. The second-order valence-electron chi connectivity index (χ2n) is 4.02. The van der Waals surface area contributed by atoms with Gasteiger partial charge in [-0.2, -0.15) is 4.98 Å². The van der Waals surface area contributed by atoms with Crippen LogP contribution < -0.4 is 4.74 Å². The number of unbranched alkanes of at least 4 members (excludes halogenated alkanes) is 1. The van der Waals surface area contributed by atoms with Gasteiger partial charge in [0.15, 0.2) is 11.8 Å². The summed E-state index contributed by atoms with van der Waals surface area (Å²) in [5, 5.41) is 0.426. The van der Waals surface area contributed by atoms with Gasteiger partial charge in [0.25, 0.3) is 0 Å². The number of carbonyl (C=O) groups excluding carboxylic acids is 1. The van der Waals surface area contributed by atoms with Gasteiger partial charge in [-0.1, -0.05) is 48.1 Å². The highest BCUT2D eigenvalue weighted by molar-refractivity contribution is 6.42. The van der Waals surface area contributed by atoms with Crippen molar-refractivity contribution in [2.24, 2.45) is 0 Å². The highest BCUT2D eigenvalue weighted by atomic mass is 35.5. The molecular formula is C13H16Cl3NO4. The van der Waals surface area contributed by atoms with E-state index in [0.29, 0.717) is 13.2 Å². The Kier molecular flexibility index (Phi) is 8.76. The Balaban J connectivity index is 2.25. The van der Waals surface area contributed by atoms with Crippen LogP contribution in [0, 0.1) is 0 Å². The average Bonchev–Trinajstić information content (AvgIpc) is 2.45. The first-order valence-electron chi connectivity index (χ1n) is 6.42. The first kappa shape index (κ1) is 18.3. The third kappa shape index (κ3) is 7.18. The number of carbonyl (C=O) groups is 1. The quantitative estimate of drug-likeness (QED) is 0.383. The molecule has 0 saturated carbocycles. The molecule has 0 bridgehead atoms. The molecule has 1 aromatic heterocycles. The van der Waals surface area contributed by atoms with Gasteiger partial charge in [0.1, 0.15) is 11.6 Å². The van der Waals surface area contributed by atoms with Gasteiger partial charge >= 0.3 is 5.97 Å². The van der Waals surface area contributed by atoms with Crippen LogP contribution in [0.25, 0.3) is 0 Å². The number of halogens is 3. The highest BCUT2D eigenvalue weighted by Crippen LogP contribution is 2.30. The molecule has 1 aromatic rings. The molecule has 0 atom stereocenters. The van der Waals surface area contributed by atoms with Gasteiger partial charge in [0.05, 0.1) is 11.6 Å². The summed E-state index contributed by atoms with van der Waals surface area (Å²) >= 11 is 17.3. The maximum atomic E-state index is 11.4. The summed E-state index contributed by atoms with van der Waals surface area (Å²) in [5.74, 6) is -0.514. The lowest BCUT2D eigenvalue weighted by Gasteiger charge is -2.08. The van der Waals surface area contributed by atoms with Gasteiger partial charge < -0.3 is 14.2 Å². The van der Waals surface area contributed by atoms with Crippen molar-refractivity contribution in [1.82, 2.24) is 4.98 Å². The van der Waals surface area contributed by atoms with Crippen molar-refractivity contribution in [3.05, 3.63) is 21.3 Å². The van der Waals surface area contributed by atoms with Crippen molar-refractivity contribution in [2.45, 2.75) is 19.8 Å². The Hall–Kier alpha value is -0.750. The van der Waals surface area contributed by atoms with E-state index in [1.54, 1.807) is 0 Å². The minimum absolute atomic E-state index is 0.0298. The van der Waals surface area contributed by atoms with E-state index in [9.17, 15) is 4.79 Å². The van der Waals surface area contributed by atoms with Crippen molar-refractivity contribution < 1.29 is 19.0 Å². The summed E-state index contributed by atoms with van der Waals surface area (Å²) in [6.45, 7) is 2.95. The lowest BCUT2D eigenvalue weighted by Crippen LogP contribution is -2.18. The number of hydrogen-bond acceptors (Lipinski definition) is 5. The predicted molar refractivity (Wildman–Crippen MR) is 81.4 cm³/mol. The molecule has 0 unspecified atom stereocenters. The molecule has 1 heterocycles. The molecule has 0 aliphatic carbocycles. The molecular weight excluding hydrogens is 341 g/mol. The molecule has 1 rings (SSSR count). The van der Waals surface area contributed by atoms with Crippen LogP contribution in [0.4, 0.5) is 0 Å². The van der Waals surface area contributed by atoms with E-state index in [2.05, 4.69) is 11.9 Å². The van der Waals surface area contributed by atoms with Crippen LogP contribution >= 0.6 is 34.8 Å². The van der Waals surface area contributed by atoms with Gasteiger partial charge in [-0.05, 0) is 12.5 Å². The SMILES string of the molecule is CCCCOCCOC(=O)COc1nc(Cl)c(Cl)cc1Cl. The van der Waals surface area contributed by atoms with Crippen LogP contribution in [0.1, 0.15) is 19.8 Å². The number of esters is 1. The molecule has 0 saturated heterocycles. The van der Waals surface area contributed by atoms with Crippen molar-refractivity contribution in [1.29, 1.82) is 0 Å². The Labute approximate surface area is 138 Å². The molecule has 0 aliphatic rings. The largest absolute Gasteiger partial charge is 0.465 e. The molecule has 0 spiro atoms. The van der Waals surface area contributed by atoms with Crippen LogP contribution in [0.15, 0.2) is 6.07 Å².